The summed E-state index contributed by atoms with van der Waals surface area (Å²) in [5.74, 6) is 2.60. The lowest BCUT2D eigenvalue weighted by molar-refractivity contribution is -0.116. The van der Waals surface area contributed by atoms with Gasteiger partial charge < -0.3 is 5.32 Å². The molecule has 0 saturated heterocycles. The second kappa shape index (κ2) is 7.15. The second-order valence-electron chi connectivity index (χ2n) is 4.51. The molecule has 0 aliphatic heterocycles. The molecule has 2 rings (SSSR count). The fourth-order valence-electron chi connectivity index (χ4n) is 1.89. The zero-order valence-electron chi connectivity index (χ0n) is 11.2. The van der Waals surface area contributed by atoms with Gasteiger partial charge in [-0.3, -0.25) is 9.89 Å². The summed E-state index contributed by atoms with van der Waals surface area (Å²) in [5.41, 5.74) is 2.79. The molecule has 0 radical (unpaired) electrons. The van der Waals surface area contributed by atoms with Crippen molar-refractivity contribution in [3.05, 3.63) is 36.5 Å². The van der Waals surface area contributed by atoms with Crippen LogP contribution in [0.15, 0.2) is 36.5 Å². The Balaban J connectivity index is 1.85. The van der Waals surface area contributed by atoms with E-state index in [0.29, 0.717) is 6.42 Å². The van der Waals surface area contributed by atoms with Crippen molar-refractivity contribution < 1.29 is 4.79 Å². The van der Waals surface area contributed by atoms with Crippen LogP contribution in [0.2, 0.25) is 0 Å². The van der Waals surface area contributed by atoms with Crippen molar-refractivity contribution in [2.75, 3.05) is 5.32 Å². The van der Waals surface area contributed by atoms with Gasteiger partial charge in [-0.15, -0.1) is 12.3 Å². The zero-order chi connectivity index (χ0) is 14.2. The molecule has 2 N–H and O–H groups in total. The van der Waals surface area contributed by atoms with Crippen LogP contribution in [0, 0.1) is 12.3 Å². The van der Waals surface area contributed by atoms with E-state index >= 15 is 0 Å². The van der Waals surface area contributed by atoms with Gasteiger partial charge in [-0.25, -0.2) is 0 Å². The molecule has 1 aromatic carbocycles. The maximum Gasteiger partial charge on any atom is 0.224 e. The number of nitrogens with one attached hydrogen (secondary N) is 2. The van der Waals surface area contributed by atoms with E-state index in [1.807, 2.05) is 30.3 Å². The van der Waals surface area contributed by atoms with E-state index in [4.69, 9.17) is 6.42 Å². The van der Waals surface area contributed by atoms with E-state index in [-0.39, 0.29) is 5.91 Å². The first-order chi connectivity index (χ1) is 9.79. The number of anilines is 1. The number of amides is 1. The number of terminal acetylenes is 1. The lowest BCUT2D eigenvalue weighted by atomic mass is 10.1. The summed E-state index contributed by atoms with van der Waals surface area (Å²) in [5, 5.41) is 9.68. The minimum atomic E-state index is 0.0244. The Morgan fingerprint density at radius 3 is 2.70 bits per heavy atom. The van der Waals surface area contributed by atoms with Gasteiger partial charge in [0.25, 0.3) is 0 Å². The van der Waals surface area contributed by atoms with Crippen LogP contribution in [-0.2, 0) is 4.79 Å². The van der Waals surface area contributed by atoms with Crippen molar-refractivity contribution >= 4 is 11.6 Å². The highest BCUT2D eigenvalue weighted by Crippen LogP contribution is 2.19. The van der Waals surface area contributed by atoms with E-state index in [2.05, 4.69) is 21.4 Å². The predicted octanol–water partition coefficient (Wildman–Crippen LogP) is 3.21. The summed E-state index contributed by atoms with van der Waals surface area (Å²) < 4.78 is 0. The van der Waals surface area contributed by atoms with Crippen molar-refractivity contribution in [1.82, 2.24) is 10.2 Å². The summed E-state index contributed by atoms with van der Waals surface area (Å²) in [7, 11) is 0. The molecule has 2 aromatic rings. The Bertz CT molecular complexity index is 579. The first-order valence-electron chi connectivity index (χ1n) is 6.63. The first-order valence-corrected chi connectivity index (χ1v) is 6.63. The monoisotopic (exact) mass is 267 g/mol. The number of aromatic nitrogens is 2. The number of rotatable bonds is 6. The Labute approximate surface area is 118 Å². The van der Waals surface area contributed by atoms with Crippen molar-refractivity contribution in [2.24, 2.45) is 0 Å². The van der Waals surface area contributed by atoms with Crippen LogP contribution >= 0.6 is 0 Å². The molecule has 1 amide bonds. The maximum absolute atomic E-state index is 11.7. The average Bonchev–Trinajstić information content (AvgIpc) is 2.99. The van der Waals surface area contributed by atoms with Crippen LogP contribution in [0.25, 0.3) is 11.3 Å². The van der Waals surface area contributed by atoms with Gasteiger partial charge in [0.15, 0.2) is 0 Å². The molecule has 0 fully saturated rings. The molecule has 0 bridgehead atoms. The SMILES string of the molecule is C#CCCCCC(=O)Nc1ccc(-c2ccn[nH]2)cc1. The zero-order valence-corrected chi connectivity index (χ0v) is 11.2. The van der Waals surface area contributed by atoms with E-state index in [0.717, 1.165) is 36.2 Å². The van der Waals surface area contributed by atoms with Crippen LogP contribution in [0.5, 0.6) is 0 Å². The summed E-state index contributed by atoms with van der Waals surface area (Å²) in [4.78, 5) is 11.7. The molecular formula is C16H17N3O. The van der Waals surface area contributed by atoms with E-state index < -0.39 is 0 Å². The highest BCUT2D eigenvalue weighted by molar-refractivity contribution is 5.90. The number of nitrogens with zero attached hydrogens (tertiary/aromatic N) is 1. The van der Waals surface area contributed by atoms with E-state index in [1.165, 1.54) is 0 Å². The fourth-order valence-corrected chi connectivity index (χ4v) is 1.89. The topological polar surface area (TPSA) is 57.8 Å². The van der Waals surface area contributed by atoms with Crippen molar-refractivity contribution in [2.45, 2.75) is 25.7 Å². The number of aromatic amines is 1. The van der Waals surface area contributed by atoms with Gasteiger partial charge >= 0.3 is 0 Å². The third kappa shape index (κ3) is 3.99. The van der Waals surface area contributed by atoms with Crippen molar-refractivity contribution in [1.29, 1.82) is 0 Å². The third-order valence-corrected chi connectivity index (χ3v) is 2.96. The largest absolute Gasteiger partial charge is 0.326 e. The van der Waals surface area contributed by atoms with Crippen LogP contribution in [0.3, 0.4) is 0 Å². The molecule has 4 nitrogen and oxygen atoms in total. The first kappa shape index (κ1) is 13.9. The molecule has 4 heteroatoms. The van der Waals surface area contributed by atoms with Gasteiger partial charge in [-0.05, 0) is 36.6 Å². The number of unbranched alkanes of at least 4 members (excludes halogenated alkanes) is 2. The maximum atomic E-state index is 11.7. The molecule has 1 aromatic heterocycles. The molecule has 0 saturated carbocycles. The van der Waals surface area contributed by atoms with Crippen LogP contribution < -0.4 is 5.32 Å². The molecule has 0 aliphatic rings. The second-order valence-corrected chi connectivity index (χ2v) is 4.51. The smallest absolute Gasteiger partial charge is 0.224 e. The minimum absolute atomic E-state index is 0.0244. The van der Waals surface area contributed by atoms with E-state index in [1.54, 1.807) is 6.20 Å². The molecule has 0 aliphatic carbocycles. The van der Waals surface area contributed by atoms with Gasteiger partial charge in [0.2, 0.25) is 5.91 Å². The summed E-state index contributed by atoms with van der Waals surface area (Å²) in [6, 6.07) is 9.56. The Hall–Kier alpha value is -2.54. The Morgan fingerprint density at radius 1 is 1.25 bits per heavy atom. The molecular weight excluding hydrogens is 250 g/mol. The summed E-state index contributed by atoms with van der Waals surface area (Å²) in [6.07, 6.45) is 9.82. The summed E-state index contributed by atoms with van der Waals surface area (Å²) in [6.45, 7) is 0. The van der Waals surface area contributed by atoms with Gasteiger partial charge in [0.05, 0.1) is 5.69 Å². The molecule has 1 heterocycles. The number of hydrogen-bond donors (Lipinski definition) is 2. The highest BCUT2D eigenvalue weighted by Gasteiger charge is 2.03. The van der Waals surface area contributed by atoms with Crippen molar-refractivity contribution in [3.8, 4) is 23.6 Å². The van der Waals surface area contributed by atoms with Gasteiger partial charge in [-0.1, -0.05) is 12.1 Å². The number of hydrogen-bond acceptors (Lipinski definition) is 2. The van der Waals surface area contributed by atoms with Crippen LogP contribution in [0.1, 0.15) is 25.7 Å². The highest BCUT2D eigenvalue weighted by atomic mass is 16.1. The Kier molecular flexibility index (Phi) is 4.96. The fraction of sp³-hybridized carbons (Fsp3) is 0.250. The molecule has 0 atom stereocenters. The molecule has 20 heavy (non-hydrogen) atoms. The average molecular weight is 267 g/mol. The number of benzene rings is 1. The predicted molar refractivity (Wildman–Crippen MR) is 80.0 cm³/mol. The van der Waals surface area contributed by atoms with Crippen molar-refractivity contribution in [3.63, 3.8) is 0 Å². The van der Waals surface area contributed by atoms with Crippen LogP contribution in [0.4, 0.5) is 5.69 Å². The molecule has 0 unspecified atom stereocenters. The standard InChI is InChI=1S/C16H17N3O/c1-2-3-4-5-6-16(20)18-14-9-7-13(8-10-14)15-11-12-17-19-15/h1,7-12H,3-6H2,(H,17,19)(H,18,20). The van der Waals surface area contributed by atoms with Crippen LogP contribution in [-0.4, -0.2) is 16.1 Å². The van der Waals surface area contributed by atoms with E-state index in [9.17, 15) is 4.79 Å². The quantitative estimate of drug-likeness (QED) is 0.623. The lowest BCUT2D eigenvalue weighted by Crippen LogP contribution is -2.10. The third-order valence-electron chi connectivity index (χ3n) is 2.96. The number of H-pyrrole nitrogens is 1. The molecule has 102 valence electrons. The normalized spacial score (nSPS) is 9.95. The van der Waals surface area contributed by atoms with Gasteiger partial charge in [0.1, 0.15) is 0 Å². The summed E-state index contributed by atoms with van der Waals surface area (Å²) >= 11 is 0. The number of carbonyl (C=O) groups is 1. The van der Waals surface area contributed by atoms with Gasteiger partial charge in [0, 0.05) is 24.7 Å². The van der Waals surface area contributed by atoms with Gasteiger partial charge in [-0.2, -0.15) is 5.10 Å². The minimum Gasteiger partial charge on any atom is -0.326 e. The molecule has 0 spiro atoms. The number of carbonyl (C=O) groups excluding carboxylic acids is 1. The Morgan fingerprint density at radius 2 is 2.05 bits per heavy atom. The lowest BCUT2D eigenvalue weighted by Gasteiger charge is -2.05.